The molecule has 1 atom stereocenters. The Hall–Kier alpha value is -1.81. The summed E-state index contributed by atoms with van der Waals surface area (Å²) in [4.78, 5) is 4.32. The Morgan fingerprint density at radius 3 is 2.68 bits per heavy atom. The smallest absolute Gasteiger partial charge is 0.162 e. The van der Waals surface area contributed by atoms with Crippen molar-refractivity contribution in [1.82, 2.24) is 10.3 Å². The van der Waals surface area contributed by atoms with E-state index in [1.165, 1.54) is 6.07 Å². The Kier molecular flexibility index (Phi) is 4.22. The van der Waals surface area contributed by atoms with Crippen LogP contribution in [0.2, 0.25) is 0 Å². The number of hydrogen-bond acceptors (Lipinski definition) is 2. The first kappa shape index (κ1) is 13.6. The van der Waals surface area contributed by atoms with E-state index >= 15 is 0 Å². The lowest BCUT2D eigenvalue weighted by Crippen LogP contribution is -2.21. The molecular weight excluding hydrogens is 246 g/mol. The summed E-state index contributed by atoms with van der Waals surface area (Å²) in [6.45, 7) is 1.95. The van der Waals surface area contributed by atoms with Crippen LogP contribution in [-0.4, -0.2) is 12.0 Å². The minimum Gasteiger partial charge on any atom is -0.311 e. The van der Waals surface area contributed by atoms with E-state index in [1.807, 2.05) is 19.1 Å². The van der Waals surface area contributed by atoms with E-state index in [9.17, 15) is 8.78 Å². The van der Waals surface area contributed by atoms with Crippen LogP contribution in [0.25, 0.3) is 0 Å². The molecule has 0 aliphatic heterocycles. The molecule has 0 aliphatic rings. The van der Waals surface area contributed by atoms with Gasteiger partial charge in [0.15, 0.2) is 11.6 Å². The number of pyridine rings is 1. The first-order chi connectivity index (χ1) is 9.13. The molecule has 4 heteroatoms. The second-order valence-electron chi connectivity index (χ2n) is 4.46. The first-order valence-corrected chi connectivity index (χ1v) is 6.15. The molecule has 0 spiro atoms. The highest BCUT2D eigenvalue weighted by atomic mass is 19.2. The lowest BCUT2D eigenvalue weighted by molar-refractivity contribution is 0.484. The van der Waals surface area contributed by atoms with Crippen molar-refractivity contribution in [1.29, 1.82) is 0 Å². The molecule has 19 heavy (non-hydrogen) atoms. The maximum atomic E-state index is 13.7. The van der Waals surface area contributed by atoms with Gasteiger partial charge in [-0.15, -0.1) is 0 Å². The third-order valence-electron chi connectivity index (χ3n) is 3.18. The Labute approximate surface area is 111 Å². The third-order valence-corrected chi connectivity index (χ3v) is 3.18. The quantitative estimate of drug-likeness (QED) is 0.915. The third kappa shape index (κ3) is 2.96. The maximum absolute atomic E-state index is 13.7. The molecule has 1 aromatic heterocycles. The standard InChI is InChI=1S/C15H16F2N2/c1-10-5-4-8-19-15(10)13(18-2)9-11-6-3-7-12(16)14(11)17/h3-8,13,18H,9H2,1-2H3. The van der Waals surface area contributed by atoms with Gasteiger partial charge in [0.1, 0.15) is 0 Å². The van der Waals surface area contributed by atoms with Crippen LogP contribution in [-0.2, 0) is 6.42 Å². The predicted molar refractivity (Wildman–Crippen MR) is 70.8 cm³/mol. The van der Waals surface area contributed by atoms with E-state index in [1.54, 1.807) is 19.3 Å². The van der Waals surface area contributed by atoms with E-state index in [2.05, 4.69) is 10.3 Å². The van der Waals surface area contributed by atoms with Gasteiger partial charge in [-0.3, -0.25) is 4.98 Å². The summed E-state index contributed by atoms with van der Waals surface area (Å²) in [6.07, 6.45) is 2.06. The number of benzene rings is 1. The summed E-state index contributed by atoms with van der Waals surface area (Å²) in [5.74, 6) is -1.60. The Morgan fingerprint density at radius 1 is 1.21 bits per heavy atom. The van der Waals surface area contributed by atoms with Crippen molar-refractivity contribution in [2.45, 2.75) is 19.4 Å². The van der Waals surface area contributed by atoms with Crippen LogP contribution in [0, 0.1) is 18.6 Å². The summed E-state index contributed by atoms with van der Waals surface area (Å²) < 4.78 is 26.9. The van der Waals surface area contributed by atoms with Gasteiger partial charge in [-0.2, -0.15) is 0 Å². The highest BCUT2D eigenvalue weighted by Crippen LogP contribution is 2.21. The van der Waals surface area contributed by atoms with E-state index < -0.39 is 11.6 Å². The second kappa shape index (κ2) is 5.89. The second-order valence-corrected chi connectivity index (χ2v) is 4.46. The Morgan fingerprint density at radius 2 is 2.00 bits per heavy atom. The van der Waals surface area contributed by atoms with Gasteiger partial charge < -0.3 is 5.32 Å². The zero-order valence-electron chi connectivity index (χ0n) is 11.0. The molecule has 100 valence electrons. The van der Waals surface area contributed by atoms with E-state index in [0.29, 0.717) is 12.0 Å². The van der Waals surface area contributed by atoms with Crippen molar-refractivity contribution in [2.24, 2.45) is 0 Å². The molecule has 0 fully saturated rings. The minimum atomic E-state index is -0.815. The van der Waals surface area contributed by atoms with Gasteiger partial charge in [0, 0.05) is 6.20 Å². The highest BCUT2D eigenvalue weighted by molar-refractivity contribution is 5.26. The first-order valence-electron chi connectivity index (χ1n) is 6.15. The molecule has 0 saturated heterocycles. The molecule has 2 rings (SSSR count). The summed E-state index contributed by atoms with van der Waals surface area (Å²) in [5.41, 5.74) is 2.23. The fourth-order valence-electron chi connectivity index (χ4n) is 2.12. The van der Waals surface area contributed by atoms with Crippen molar-refractivity contribution in [2.75, 3.05) is 7.05 Å². The topological polar surface area (TPSA) is 24.9 Å². The summed E-state index contributed by atoms with van der Waals surface area (Å²) >= 11 is 0. The van der Waals surface area contributed by atoms with Gasteiger partial charge in [0.05, 0.1) is 11.7 Å². The van der Waals surface area contributed by atoms with Crippen molar-refractivity contribution >= 4 is 0 Å². The molecule has 1 aromatic carbocycles. The number of aromatic nitrogens is 1. The van der Waals surface area contributed by atoms with E-state index in [-0.39, 0.29) is 6.04 Å². The SMILES string of the molecule is CNC(Cc1cccc(F)c1F)c1ncccc1C. The van der Waals surface area contributed by atoms with Crippen LogP contribution >= 0.6 is 0 Å². The van der Waals surface area contributed by atoms with Crippen LogP contribution in [0.1, 0.15) is 22.9 Å². The number of rotatable bonds is 4. The van der Waals surface area contributed by atoms with Gasteiger partial charge >= 0.3 is 0 Å². The van der Waals surface area contributed by atoms with Crippen LogP contribution < -0.4 is 5.32 Å². The Balaban J connectivity index is 2.30. The fraction of sp³-hybridized carbons (Fsp3) is 0.267. The normalized spacial score (nSPS) is 12.4. The van der Waals surface area contributed by atoms with Crippen LogP contribution in [0.3, 0.4) is 0 Å². The number of halogens is 2. The van der Waals surface area contributed by atoms with Crippen molar-refractivity contribution in [3.8, 4) is 0 Å². The molecular formula is C15H16F2N2. The minimum absolute atomic E-state index is 0.141. The van der Waals surface area contributed by atoms with Gasteiger partial charge in [-0.1, -0.05) is 18.2 Å². The number of aryl methyl sites for hydroxylation is 1. The zero-order chi connectivity index (χ0) is 13.8. The highest BCUT2D eigenvalue weighted by Gasteiger charge is 2.17. The molecule has 0 bridgehead atoms. The fourth-order valence-corrected chi connectivity index (χ4v) is 2.12. The van der Waals surface area contributed by atoms with Gasteiger partial charge in [-0.05, 0) is 43.7 Å². The van der Waals surface area contributed by atoms with Crippen LogP contribution in [0.4, 0.5) is 8.78 Å². The molecule has 1 unspecified atom stereocenters. The Bertz CT molecular complexity index is 570. The molecule has 0 amide bonds. The average Bonchev–Trinajstić information content (AvgIpc) is 2.41. The molecule has 0 saturated carbocycles. The number of likely N-dealkylation sites (N-methyl/N-ethyl adjacent to an activating group) is 1. The number of nitrogens with one attached hydrogen (secondary N) is 1. The van der Waals surface area contributed by atoms with Crippen molar-refractivity contribution < 1.29 is 8.78 Å². The zero-order valence-corrected chi connectivity index (χ0v) is 11.0. The molecule has 2 nitrogen and oxygen atoms in total. The molecule has 2 aromatic rings. The largest absolute Gasteiger partial charge is 0.311 e. The predicted octanol–water partition coefficient (Wildman–Crippen LogP) is 3.17. The number of hydrogen-bond donors (Lipinski definition) is 1. The maximum Gasteiger partial charge on any atom is 0.162 e. The monoisotopic (exact) mass is 262 g/mol. The van der Waals surface area contributed by atoms with Crippen LogP contribution in [0.5, 0.6) is 0 Å². The van der Waals surface area contributed by atoms with Crippen molar-refractivity contribution in [3.05, 3.63) is 65.0 Å². The van der Waals surface area contributed by atoms with E-state index in [0.717, 1.165) is 17.3 Å². The summed E-state index contributed by atoms with van der Waals surface area (Å²) in [5, 5.41) is 3.10. The lowest BCUT2D eigenvalue weighted by atomic mass is 9.99. The molecule has 0 radical (unpaired) electrons. The number of nitrogens with zero attached hydrogens (tertiary/aromatic N) is 1. The van der Waals surface area contributed by atoms with E-state index in [4.69, 9.17) is 0 Å². The lowest BCUT2D eigenvalue weighted by Gasteiger charge is -2.18. The molecule has 0 aliphatic carbocycles. The van der Waals surface area contributed by atoms with Gasteiger partial charge in [-0.25, -0.2) is 8.78 Å². The van der Waals surface area contributed by atoms with Gasteiger partial charge in [0.2, 0.25) is 0 Å². The summed E-state index contributed by atoms with van der Waals surface area (Å²) in [7, 11) is 1.79. The van der Waals surface area contributed by atoms with Crippen LogP contribution in [0.15, 0.2) is 36.5 Å². The summed E-state index contributed by atoms with van der Waals surface area (Å²) in [6, 6.07) is 7.91. The molecule has 1 N–H and O–H groups in total. The van der Waals surface area contributed by atoms with Crippen molar-refractivity contribution in [3.63, 3.8) is 0 Å². The molecule has 1 heterocycles. The average molecular weight is 262 g/mol. The van der Waals surface area contributed by atoms with Gasteiger partial charge in [0.25, 0.3) is 0 Å².